The highest BCUT2D eigenvalue weighted by Crippen LogP contribution is 2.20. The number of sulfone groups is 1. The number of nitrogens with one attached hydrogen (secondary N) is 1. The second-order valence-corrected chi connectivity index (χ2v) is 11.0. The standard InChI is InChI=1S/C24H30N6O3S/c1-18-11-13-29(14-12-18)16-20-3-7-21(8-4-20)24-26-28-30(27-24)17-23(31)25-15-19-5-9-22(10-6-19)34(2,32)33/h3-10,18H,11-17H2,1-2H3,(H,25,31). The molecule has 1 fully saturated rings. The summed E-state index contributed by atoms with van der Waals surface area (Å²) in [6.07, 6.45) is 3.68. The van der Waals surface area contributed by atoms with Crippen molar-refractivity contribution < 1.29 is 13.2 Å². The van der Waals surface area contributed by atoms with Crippen molar-refractivity contribution in [3.05, 3.63) is 59.7 Å². The normalized spacial score (nSPS) is 15.4. The fourth-order valence-corrected chi connectivity index (χ4v) is 4.53. The lowest BCUT2D eigenvalue weighted by Crippen LogP contribution is -2.32. The number of carbonyl (C=O) groups excluding carboxylic acids is 1. The summed E-state index contributed by atoms with van der Waals surface area (Å²) < 4.78 is 23.1. The van der Waals surface area contributed by atoms with Gasteiger partial charge in [0, 0.05) is 24.9 Å². The van der Waals surface area contributed by atoms with Crippen LogP contribution in [0.3, 0.4) is 0 Å². The topological polar surface area (TPSA) is 110 Å². The predicted octanol–water partition coefficient (Wildman–Crippen LogP) is 2.29. The number of piperidine rings is 1. The summed E-state index contributed by atoms with van der Waals surface area (Å²) in [5.41, 5.74) is 2.91. The van der Waals surface area contributed by atoms with Gasteiger partial charge in [-0.15, -0.1) is 10.2 Å². The SMILES string of the molecule is CC1CCN(Cc2ccc(-c3nnn(CC(=O)NCc4ccc(S(C)(=O)=O)cc4)n3)cc2)CC1. The Balaban J connectivity index is 1.27. The molecule has 0 unspecified atom stereocenters. The Labute approximate surface area is 200 Å². The van der Waals surface area contributed by atoms with Crippen LogP contribution in [-0.4, -0.2) is 58.8 Å². The predicted molar refractivity (Wildman–Crippen MR) is 128 cm³/mol. The highest BCUT2D eigenvalue weighted by atomic mass is 32.2. The molecule has 4 rings (SSSR count). The van der Waals surface area contributed by atoms with E-state index in [1.54, 1.807) is 12.1 Å². The fraction of sp³-hybridized carbons (Fsp3) is 0.417. The molecule has 3 aromatic rings. The van der Waals surface area contributed by atoms with Gasteiger partial charge in [0.25, 0.3) is 0 Å². The Hall–Kier alpha value is -3.11. The Morgan fingerprint density at radius 3 is 2.32 bits per heavy atom. The highest BCUT2D eigenvalue weighted by molar-refractivity contribution is 7.90. The number of benzene rings is 2. The zero-order valence-electron chi connectivity index (χ0n) is 19.5. The van der Waals surface area contributed by atoms with Gasteiger partial charge >= 0.3 is 0 Å². The van der Waals surface area contributed by atoms with E-state index in [9.17, 15) is 13.2 Å². The van der Waals surface area contributed by atoms with Gasteiger partial charge in [0.15, 0.2) is 9.84 Å². The monoisotopic (exact) mass is 482 g/mol. The number of hydrogen-bond donors (Lipinski definition) is 1. The van der Waals surface area contributed by atoms with Crippen LogP contribution in [0.1, 0.15) is 30.9 Å². The molecule has 1 amide bonds. The molecule has 0 bridgehead atoms. The maximum Gasteiger partial charge on any atom is 0.243 e. The molecule has 1 aliphatic heterocycles. The smallest absolute Gasteiger partial charge is 0.243 e. The van der Waals surface area contributed by atoms with Gasteiger partial charge in [-0.05, 0) is 60.3 Å². The molecular weight excluding hydrogens is 452 g/mol. The molecule has 0 spiro atoms. The minimum atomic E-state index is -3.24. The third kappa shape index (κ3) is 6.48. The van der Waals surface area contributed by atoms with E-state index in [4.69, 9.17) is 0 Å². The van der Waals surface area contributed by atoms with E-state index in [2.05, 4.69) is 44.7 Å². The van der Waals surface area contributed by atoms with E-state index >= 15 is 0 Å². The maximum absolute atomic E-state index is 12.3. The number of amides is 1. The highest BCUT2D eigenvalue weighted by Gasteiger charge is 2.16. The second kappa shape index (κ2) is 10.4. The number of aromatic nitrogens is 4. The Bertz CT molecular complexity index is 1210. The van der Waals surface area contributed by atoms with Crippen molar-refractivity contribution in [2.45, 2.75) is 44.3 Å². The molecule has 2 aromatic carbocycles. The minimum Gasteiger partial charge on any atom is -0.350 e. The number of nitrogens with zero attached hydrogens (tertiary/aromatic N) is 5. The summed E-state index contributed by atoms with van der Waals surface area (Å²) in [6, 6.07) is 14.6. The van der Waals surface area contributed by atoms with Crippen LogP contribution in [0, 0.1) is 5.92 Å². The summed E-state index contributed by atoms with van der Waals surface area (Å²) in [5, 5.41) is 15.2. The lowest BCUT2D eigenvalue weighted by Gasteiger charge is -2.30. The van der Waals surface area contributed by atoms with Crippen LogP contribution < -0.4 is 5.32 Å². The van der Waals surface area contributed by atoms with E-state index in [0.29, 0.717) is 5.82 Å². The van der Waals surface area contributed by atoms with Crippen molar-refractivity contribution in [3.8, 4) is 11.4 Å². The lowest BCUT2D eigenvalue weighted by atomic mass is 9.99. The molecule has 1 N–H and O–H groups in total. The average Bonchev–Trinajstić information content (AvgIpc) is 3.28. The molecule has 0 radical (unpaired) electrons. The Morgan fingerprint density at radius 2 is 1.68 bits per heavy atom. The maximum atomic E-state index is 12.3. The first-order valence-electron chi connectivity index (χ1n) is 11.4. The summed E-state index contributed by atoms with van der Waals surface area (Å²) in [4.78, 5) is 16.3. The van der Waals surface area contributed by atoms with Crippen LogP contribution in [-0.2, 0) is 34.3 Å². The number of hydrogen-bond acceptors (Lipinski definition) is 7. The van der Waals surface area contributed by atoms with Crippen molar-refractivity contribution in [2.24, 2.45) is 5.92 Å². The second-order valence-electron chi connectivity index (χ2n) is 8.99. The average molecular weight is 483 g/mol. The van der Waals surface area contributed by atoms with Crippen molar-refractivity contribution in [2.75, 3.05) is 19.3 Å². The van der Waals surface area contributed by atoms with Gasteiger partial charge in [0.1, 0.15) is 6.54 Å². The van der Waals surface area contributed by atoms with Crippen LogP contribution in [0.2, 0.25) is 0 Å². The first kappa shape index (κ1) is 24.0. The molecule has 1 aliphatic rings. The van der Waals surface area contributed by atoms with Crippen LogP contribution in [0.25, 0.3) is 11.4 Å². The molecule has 0 atom stereocenters. The first-order valence-corrected chi connectivity index (χ1v) is 13.3. The van der Waals surface area contributed by atoms with Crippen LogP contribution in [0.15, 0.2) is 53.4 Å². The molecule has 0 saturated carbocycles. The number of tetrazole rings is 1. The molecule has 34 heavy (non-hydrogen) atoms. The minimum absolute atomic E-state index is 0.0557. The summed E-state index contributed by atoms with van der Waals surface area (Å²) >= 11 is 0. The zero-order chi connectivity index (χ0) is 24.1. The van der Waals surface area contributed by atoms with Crippen molar-refractivity contribution in [1.82, 2.24) is 30.4 Å². The largest absolute Gasteiger partial charge is 0.350 e. The molecule has 9 nitrogen and oxygen atoms in total. The van der Waals surface area contributed by atoms with E-state index in [-0.39, 0.29) is 23.9 Å². The molecule has 0 aliphatic carbocycles. The summed E-state index contributed by atoms with van der Waals surface area (Å²) in [7, 11) is -3.24. The van der Waals surface area contributed by atoms with E-state index in [0.717, 1.165) is 42.9 Å². The van der Waals surface area contributed by atoms with Gasteiger partial charge in [-0.3, -0.25) is 9.69 Å². The number of likely N-dealkylation sites (tertiary alicyclic amines) is 1. The van der Waals surface area contributed by atoms with Gasteiger partial charge in [0.05, 0.1) is 4.90 Å². The van der Waals surface area contributed by atoms with Crippen molar-refractivity contribution in [1.29, 1.82) is 0 Å². The Morgan fingerprint density at radius 1 is 1.03 bits per heavy atom. The van der Waals surface area contributed by atoms with E-state index in [1.807, 2.05) is 12.1 Å². The number of carbonyl (C=O) groups is 1. The van der Waals surface area contributed by atoms with E-state index in [1.165, 1.54) is 35.3 Å². The van der Waals surface area contributed by atoms with Gasteiger partial charge in [0.2, 0.25) is 11.7 Å². The van der Waals surface area contributed by atoms with Crippen molar-refractivity contribution in [3.63, 3.8) is 0 Å². The third-order valence-electron chi connectivity index (χ3n) is 6.07. The molecule has 180 valence electrons. The molecular formula is C24H30N6O3S. The van der Waals surface area contributed by atoms with Gasteiger partial charge in [-0.25, -0.2) is 8.42 Å². The Kier molecular flexibility index (Phi) is 7.38. The van der Waals surface area contributed by atoms with Gasteiger partial charge in [-0.2, -0.15) is 4.80 Å². The lowest BCUT2D eigenvalue weighted by molar-refractivity contribution is -0.122. The third-order valence-corrected chi connectivity index (χ3v) is 7.20. The molecule has 1 saturated heterocycles. The molecule has 1 aromatic heterocycles. The number of rotatable bonds is 8. The zero-order valence-corrected chi connectivity index (χ0v) is 20.3. The quantitative estimate of drug-likeness (QED) is 0.524. The van der Waals surface area contributed by atoms with Crippen molar-refractivity contribution >= 4 is 15.7 Å². The first-order chi connectivity index (χ1) is 16.3. The van der Waals surface area contributed by atoms with Crippen LogP contribution in [0.4, 0.5) is 0 Å². The van der Waals surface area contributed by atoms with E-state index < -0.39 is 9.84 Å². The summed E-state index contributed by atoms with van der Waals surface area (Å²) in [6.45, 7) is 5.78. The fourth-order valence-electron chi connectivity index (χ4n) is 3.90. The summed E-state index contributed by atoms with van der Waals surface area (Å²) in [5.74, 6) is 1.03. The van der Waals surface area contributed by atoms with Gasteiger partial charge in [-0.1, -0.05) is 43.3 Å². The van der Waals surface area contributed by atoms with Gasteiger partial charge < -0.3 is 5.32 Å². The van der Waals surface area contributed by atoms with Crippen LogP contribution >= 0.6 is 0 Å². The molecule has 2 heterocycles. The van der Waals surface area contributed by atoms with Crippen LogP contribution in [0.5, 0.6) is 0 Å². The molecule has 10 heteroatoms.